The van der Waals surface area contributed by atoms with Crippen molar-refractivity contribution in [2.24, 2.45) is 9.98 Å². The number of rotatable bonds is 6. The molecule has 5 aromatic rings. The van der Waals surface area contributed by atoms with Gasteiger partial charge in [-0.25, -0.2) is 9.97 Å². The average molecular weight is 525 g/mol. The van der Waals surface area contributed by atoms with Gasteiger partial charge in [0.25, 0.3) is 0 Å². The number of benzene rings is 1. The predicted octanol–water partition coefficient (Wildman–Crippen LogP) is 8.12. The summed E-state index contributed by atoms with van der Waals surface area (Å²) >= 11 is 0. The van der Waals surface area contributed by atoms with Crippen molar-refractivity contribution in [3.8, 4) is 22.8 Å². The molecular formula is C34H32N6. The third-order valence-electron chi connectivity index (χ3n) is 7.20. The molecule has 0 radical (unpaired) electrons. The van der Waals surface area contributed by atoms with Gasteiger partial charge in [0.1, 0.15) is 0 Å². The minimum absolute atomic E-state index is 0.828. The van der Waals surface area contributed by atoms with Crippen molar-refractivity contribution in [2.75, 3.05) is 0 Å². The Hall–Kier alpha value is -4.84. The van der Waals surface area contributed by atoms with Crippen LogP contribution in [0.2, 0.25) is 0 Å². The second-order valence-electron chi connectivity index (χ2n) is 9.84. The zero-order valence-corrected chi connectivity index (χ0v) is 23.8. The molecule has 198 valence electrons. The first-order valence-electron chi connectivity index (χ1n) is 13.3. The van der Waals surface area contributed by atoms with E-state index in [0.29, 0.717) is 0 Å². The summed E-state index contributed by atoms with van der Waals surface area (Å²) in [6.07, 6.45) is 3.56. The van der Waals surface area contributed by atoms with Gasteiger partial charge in [-0.15, -0.1) is 0 Å². The van der Waals surface area contributed by atoms with Crippen LogP contribution in [0.4, 0.5) is 11.4 Å². The minimum Gasteiger partial charge on any atom is -0.255 e. The molecule has 0 atom stereocenters. The molecule has 4 heterocycles. The molecule has 4 aromatic heterocycles. The molecule has 40 heavy (non-hydrogen) atoms. The lowest BCUT2D eigenvalue weighted by Crippen LogP contribution is -2.03. The highest BCUT2D eigenvalue weighted by Gasteiger charge is 2.16. The Balaban J connectivity index is 1.50. The fourth-order valence-electron chi connectivity index (χ4n) is 4.64. The van der Waals surface area contributed by atoms with Gasteiger partial charge in [-0.3, -0.25) is 20.0 Å². The van der Waals surface area contributed by atoms with Gasteiger partial charge in [0.05, 0.1) is 57.0 Å². The van der Waals surface area contributed by atoms with E-state index in [4.69, 9.17) is 20.0 Å². The second-order valence-corrected chi connectivity index (χ2v) is 9.84. The molecule has 0 N–H and O–H groups in total. The molecule has 1 aromatic carbocycles. The van der Waals surface area contributed by atoms with Gasteiger partial charge >= 0.3 is 0 Å². The SMILES string of the molecule is C/C(=N\c1c(C)c(C)c(/N=C(\C)c2cccc(-c3ccccn3)n2)c(C)c1C)c1cccc(-c2ccccn2)n1. The van der Waals surface area contributed by atoms with Crippen LogP contribution in [-0.4, -0.2) is 31.4 Å². The first-order valence-corrected chi connectivity index (χ1v) is 13.3. The summed E-state index contributed by atoms with van der Waals surface area (Å²) in [5.74, 6) is 0. The predicted molar refractivity (Wildman–Crippen MR) is 164 cm³/mol. The number of nitrogens with zero attached hydrogens (tertiary/aromatic N) is 6. The van der Waals surface area contributed by atoms with E-state index in [1.807, 2.05) is 86.6 Å². The van der Waals surface area contributed by atoms with Gasteiger partial charge < -0.3 is 0 Å². The van der Waals surface area contributed by atoms with E-state index in [1.54, 1.807) is 12.4 Å². The molecule has 0 aliphatic rings. The Morgan fingerprint density at radius 1 is 0.475 bits per heavy atom. The lowest BCUT2D eigenvalue weighted by atomic mass is 9.96. The zero-order valence-electron chi connectivity index (χ0n) is 23.8. The number of hydrogen-bond acceptors (Lipinski definition) is 6. The van der Waals surface area contributed by atoms with E-state index in [-0.39, 0.29) is 0 Å². The lowest BCUT2D eigenvalue weighted by molar-refractivity contribution is 1.18. The third-order valence-corrected chi connectivity index (χ3v) is 7.20. The standard InChI is InChI=1S/C34H32N6/c1-21-22(2)34(38-26(6)28-16-12-18-32(40-28)30-14-8-10-20-36-30)24(4)23(3)33(21)37-25(5)27-15-11-17-31(39-27)29-13-7-9-19-35-29/h7-20H,1-6H3/b37-25+,38-26+. The molecule has 0 amide bonds. The van der Waals surface area contributed by atoms with Crippen LogP contribution in [0.1, 0.15) is 47.5 Å². The maximum Gasteiger partial charge on any atom is 0.0894 e. The molecule has 0 saturated heterocycles. The van der Waals surface area contributed by atoms with Crippen molar-refractivity contribution in [1.82, 2.24) is 19.9 Å². The largest absolute Gasteiger partial charge is 0.255 e. The van der Waals surface area contributed by atoms with Crippen LogP contribution in [-0.2, 0) is 0 Å². The molecule has 0 aliphatic carbocycles. The smallest absolute Gasteiger partial charge is 0.0894 e. The van der Waals surface area contributed by atoms with Crippen LogP contribution < -0.4 is 0 Å². The third kappa shape index (κ3) is 5.47. The molecule has 0 bridgehead atoms. The van der Waals surface area contributed by atoms with Crippen LogP contribution in [0.25, 0.3) is 22.8 Å². The first-order chi connectivity index (χ1) is 19.3. The topological polar surface area (TPSA) is 76.3 Å². The van der Waals surface area contributed by atoms with Gasteiger partial charge in [0.15, 0.2) is 0 Å². The quantitative estimate of drug-likeness (QED) is 0.210. The highest BCUT2D eigenvalue weighted by molar-refractivity contribution is 6.01. The Kier molecular flexibility index (Phi) is 7.69. The zero-order chi connectivity index (χ0) is 28.2. The van der Waals surface area contributed by atoms with E-state index in [0.717, 1.165) is 79.2 Å². The number of aliphatic imine (C=N–C) groups is 2. The van der Waals surface area contributed by atoms with Gasteiger partial charge in [-0.05, 0) is 112 Å². The highest BCUT2D eigenvalue weighted by Crippen LogP contribution is 2.38. The summed E-state index contributed by atoms with van der Waals surface area (Å²) in [4.78, 5) is 28.7. The lowest BCUT2D eigenvalue weighted by Gasteiger charge is -2.17. The average Bonchev–Trinajstić information content (AvgIpc) is 3.01. The summed E-state index contributed by atoms with van der Waals surface area (Å²) in [6.45, 7) is 12.5. The summed E-state index contributed by atoms with van der Waals surface area (Å²) in [7, 11) is 0. The molecular weight excluding hydrogens is 492 g/mol. The summed E-state index contributed by atoms with van der Waals surface area (Å²) in [5.41, 5.74) is 13.0. The van der Waals surface area contributed by atoms with E-state index in [1.165, 1.54) is 0 Å². The van der Waals surface area contributed by atoms with Crippen molar-refractivity contribution in [3.63, 3.8) is 0 Å². The Morgan fingerprint density at radius 2 is 0.850 bits per heavy atom. The monoisotopic (exact) mass is 524 g/mol. The molecule has 6 heteroatoms. The summed E-state index contributed by atoms with van der Waals surface area (Å²) < 4.78 is 0. The molecule has 0 saturated carbocycles. The van der Waals surface area contributed by atoms with E-state index >= 15 is 0 Å². The van der Waals surface area contributed by atoms with Gasteiger partial charge in [-0.2, -0.15) is 0 Å². The van der Waals surface area contributed by atoms with Crippen LogP contribution >= 0.6 is 0 Å². The fraction of sp³-hybridized carbons (Fsp3) is 0.176. The maximum absolute atomic E-state index is 5.07. The molecule has 5 rings (SSSR count). The Bertz CT molecular complexity index is 1580. The number of hydrogen-bond donors (Lipinski definition) is 0. The van der Waals surface area contributed by atoms with E-state index < -0.39 is 0 Å². The summed E-state index contributed by atoms with van der Waals surface area (Å²) in [6, 6.07) is 23.6. The van der Waals surface area contributed by atoms with Crippen molar-refractivity contribution in [2.45, 2.75) is 41.5 Å². The van der Waals surface area contributed by atoms with Gasteiger partial charge in [0.2, 0.25) is 0 Å². The van der Waals surface area contributed by atoms with E-state index in [9.17, 15) is 0 Å². The number of aromatic nitrogens is 4. The van der Waals surface area contributed by atoms with E-state index in [2.05, 4.69) is 37.7 Å². The molecule has 0 fully saturated rings. The van der Waals surface area contributed by atoms with Crippen molar-refractivity contribution in [3.05, 3.63) is 119 Å². The van der Waals surface area contributed by atoms with Gasteiger partial charge in [0, 0.05) is 12.4 Å². The van der Waals surface area contributed by atoms with Crippen LogP contribution in [0.5, 0.6) is 0 Å². The number of pyridine rings is 4. The molecule has 0 aliphatic heterocycles. The normalized spacial score (nSPS) is 12.1. The molecule has 0 unspecified atom stereocenters. The summed E-state index contributed by atoms with van der Waals surface area (Å²) in [5, 5.41) is 0. The fourth-order valence-corrected chi connectivity index (χ4v) is 4.64. The van der Waals surface area contributed by atoms with Crippen molar-refractivity contribution < 1.29 is 0 Å². The molecule has 0 spiro atoms. The Morgan fingerprint density at radius 3 is 1.20 bits per heavy atom. The molecule has 6 nitrogen and oxygen atoms in total. The second kappa shape index (κ2) is 11.5. The maximum atomic E-state index is 5.07. The van der Waals surface area contributed by atoms with Crippen LogP contribution in [0.15, 0.2) is 95.2 Å². The van der Waals surface area contributed by atoms with Crippen molar-refractivity contribution in [1.29, 1.82) is 0 Å². The van der Waals surface area contributed by atoms with Crippen LogP contribution in [0, 0.1) is 27.7 Å². The Labute approximate surface area is 235 Å². The van der Waals surface area contributed by atoms with Crippen molar-refractivity contribution >= 4 is 22.8 Å². The van der Waals surface area contributed by atoms with Crippen LogP contribution in [0.3, 0.4) is 0 Å². The minimum atomic E-state index is 0.828. The van der Waals surface area contributed by atoms with Gasteiger partial charge in [-0.1, -0.05) is 24.3 Å². The first kappa shape index (κ1) is 26.8. The highest BCUT2D eigenvalue weighted by atomic mass is 14.9.